The molecule has 0 saturated carbocycles. The van der Waals surface area contributed by atoms with Crippen molar-refractivity contribution < 1.29 is 5.11 Å². The molecule has 100 valence electrons. The van der Waals surface area contributed by atoms with Gasteiger partial charge in [-0.05, 0) is 42.4 Å². The van der Waals surface area contributed by atoms with Crippen LogP contribution in [0.2, 0.25) is 0 Å². The van der Waals surface area contributed by atoms with Crippen molar-refractivity contribution in [3.8, 4) is 0 Å². The lowest BCUT2D eigenvalue weighted by Crippen LogP contribution is -2.35. The number of anilines is 1. The van der Waals surface area contributed by atoms with E-state index in [1.165, 1.54) is 18.5 Å². The molecule has 3 heteroatoms. The summed E-state index contributed by atoms with van der Waals surface area (Å²) in [6.45, 7) is 7.04. The van der Waals surface area contributed by atoms with Gasteiger partial charge < -0.3 is 10.0 Å². The number of nitrogens with zero attached hydrogens (tertiary/aromatic N) is 1. The van der Waals surface area contributed by atoms with Gasteiger partial charge >= 0.3 is 0 Å². The van der Waals surface area contributed by atoms with Gasteiger partial charge in [-0.15, -0.1) is 0 Å². The SMILES string of the molecule is CC(C)C1CCN(c2ccc(CO)c(Br)c2)CC1. The van der Waals surface area contributed by atoms with Gasteiger partial charge in [0.15, 0.2) is 0 Å². The van der Waals surface area contributed by atoms with Crippen molar-refractivity contribution in [2.24, 2.45) is 11.8 Å². The first-order chi connectivity index (χ1) is 8.61. The second kappa shape index (κ2) is 6.07. The van der Waals surface area contributed by atoms with Crippen LogP contribution in [0.15, 0.2) is 22.7 Å². The maximum Gasteiger partial charge on any atom is 0.0692 e. The van der Waals surface area contributed by atoms with E-state index in [-0.39, 0.29) is 6.61 Å². The fourth-order valence-corrected chi connectivity index (χ4v) is 3.18. The number of benzene rings is 1. The lowest BCUT2D eigenvalue weighted by atomic mass is 9.86. The quantitative estimate of drug-likeness (QED) is 0.917. The zero-order valence-electron chi connectivity index (χ0n) is 11.2. The van der Waals surface area contributed by atoms with Gasteiger partial charge in [-0.3, -0.25) is 0 Å². The Morgan fingerprint density at radius 3 is 2.50 bits per heavy atom. The van der Waals surface area contributed by atoms with E-state index in [0.29, 0.717) is 0 Å². The Balaban J connectivity index is 2.03. The first-order valence-electron chi connectivity index (χ1n) is 6.76. The first-order valence-corrected chi connectivity index (χ1v) is 7.55. The summed E-state index contributed by atoms with van der Waals surface area (Å²) < 4.78 is 1.01. The van der Waals surface area contributed by atoms with Crippen LogP contribution in [0.5, 0.6) is 0 Å². The molecule has 1 N–H and O–H groups in total. The Hall–Kier alpha value is -0.540. The van der Waals surface area contributed by atoms with Gasteiger partial charge in [0, 0.05) is 23.2 Å². The summed E-state index contributed by atoms with van der Waals surface area (Å²) in [5.41, 5.74) is 2.22. The summed E-state index contributed by atoms with van der Waals surface area (Å²) in [4.78, 5) is 2.45. The molecule has 0 atom stereocenters. The third-order valence-electron chi connectivity index (χ3n) is 4.05. The van der Waals surface area contributed by atoms with Gasteiger partial charge in [-0.2, -0.15) is 0 Å². The van der Waals surface area contributed by atoms with Gasteiger partial charge in [0.2, 0.25) is 0 Å². The second-order valence-corrected chi connectivity index (χ2v) is 6.36. The molecule has 18 heavy (non-hydrogen) atoms. The lowest BCUT2D eigenvalue weighted by molar-refractivity contribution is 0.281. The molecular weight excluding hydrogens is 290 g/mol. The van der Waals surface area contributed by atoms with Gasteiger partial charge in [0.05, 0.1) is 6.61 Å². The van der Waals surface area contributed by atoms with Crippen LogP contribution in [0.3, 0.4) is 0 Å². The Labute approximate surface area is 118 Å². The number of halogens is 1. The highest BCUT2D eigenvalue weighted by atomic mass is 79.9. The highest BCUT2D eigenvalue weighted by Gasteiger charge is 2.21. The normalized spacial score (nSPS) is 17.5. The topological polar surface area (TPSA) is 23.5 Å². The fraction of sp³-hybridized carbons (Fsp3) is 0.600. The third-order valence-corrected chi connectivity index (χ3v) is 4.79. The number of hydrogen-bond donors (Lipinski definition) is 1. The molecule has 0 bridgehead atoms. The van der Waals surface area contributed by atoms with Crippen molar-refractivity contribution >= 4 is 21.6 Å². The molecule has 1 heterocycles. The van der Waals surface area contributed by atoms with Gasteiger partial charge in [0.1, 0.15) is 0 Å². The van der Waals surface area contributed by atoms with Crippen molar-refractivity contribution in [1.29, 1.82) is 0 Å². The summed E-state index contributed by atoms with van der Waals surface area (Å²) in [5.74, 6) is 1.68. The molecule has 0 aromatic heterocycles. The van der Waals surface area contributed by atoms with Gasteiger partial charge in [0.25, 0.3) is 0 Å². The molecule has 0 aliphatic carbocycles. The van der Waals surface area contributed by atoms with E-state index in [1.54, 1.807) is 0 Å². The summed E-state index contributed by atoms with van der Waals surface area (Å²) in [6, 6.07) is 6.25. The molecule has 0 unspecified atom stereocenters. The summed E-state index contributed by atoms with van der Waals surface area (Å²) in [5, 5.41) is 9.17. The Bertz CT molecular complexity index is 397. The number of aliphatic hydroxyl groups excluding tert-OH is 1. The predicted molar refractivity (Wildman–Crippen MR) is 79.8 cm³/mol. The van der Waals surface area contributed by atoms with E-state index in [2.05, 4.69) is 46.8 Å². The summed E-state index contributed by atoms with van der Waals surface area (Å²) in [7, 11) is 0. The van der Waals surface area contributed by atoms with E-state index >= 15 is 0 Å². The summed E-state index contributed by atoms with van der Waals surface area (Å²) >= 11 is 3.52. The monoisotopic (exact) mass is 311 g/mol. The first kappa shape index (κ1) is 13.9. The van der Waals surface area contributed by atoms with Crippen LogP contribution in [0.25, 0.3) is 0 Å². The van der Waals surface area contributed by atoms with Crippen molar-refractivity contribution in [3.05, 3.63) is 28.2 Å². The van der Waals surface area contributed by atoms with E-state index in [9.17, 15) is 5.11 Å². The zero-order valence-corrected chi connectivity index (χ0v) is 12.8. The van der Waals surface area contributed by atoms with Crippen LogP contribution in [-0.2, 0) is 6.61 Å². The summed E-state index contributed by atoms with van der Waals surface area (Å²) in [6.07, 6.45) is 2.58. The maximum atomic E-state index is 9.17. The Kier molecular flexibility index (Phi) is 4.68. The van der Waals surface area contributed by atoms with E-state index < -0.39 is 0 Å². The average Bonchev–Trinajstić information content (AvgIpc) is 2.38. The molecule has 0 radical (unpaired) electrons. The van der Waals surface area contributed by atoms with Crippen molar-refractivity contribution in [2.45, 2.75) is 33.3 Å². The second-order valence-electron chi connectivity index (χ2n) is 5.50. The third kappa shape index (κ3) is 3.07. The molecule has 1 aromatic carbocycles. The van der Waals surface area contributed by atoms with Gasteiger partial charge in [-0.1, -0.05) is 35.8 Å². The molecule has 0 spiro atoms. The smallest absolute Gasteiger partial charge is 0.0692 e. The fourth-order valence-electron chi connectivity index (χ4n) is 2.69. The van der Waals surface area contributed by atoms with E-state index in [0.717, 1.165) is 35.0 Å². The highest BCUT2D eigenvalue weighted by Crippen LogP contribution is 2.30. The Morgan fingerprint density at radius 2 is 2.00 bits per heavy atom. The average molecular weight is 312 g/mol. The molecule has 1 aliphatic heterocycles. The van der Waals surface area contributed by atoms with E-state index in [1.807, 2.05) is 6.07 Å². The number of piperidine rings is 1. The standard InChI is InChI=1S/C15H22BrNO/c1-11(2)12-5-7-17(8-6-12)14-4-3-13(10-18)15(16)9-14/h3-4,9,11-12,18H,5-8,10H2,1-2H3. The van der Waals surface area contributed by atoms with Crippen LogP contribution in [0.1, 0.15) is 32.3 Å². The molecule has 1 saturated heterocycles. The molecule has 1 aliphatic rings. The minimum Gasteiger partial charge on any atom is -0.392 e. The number of rotatable bonds is 3. The van der Waals surface area contributed by atoms with Gasteiger partial charge in [-0.25, -0.2) is 0 Å². The predicted octanol–water partition coefficient (Wildman–Crippen LogP) is 3.81. The van der Waals surface area contributed by atoms with Crippen LogP contribution < -0.4 is 4.90 Å². The highest BCUT2D eigenvalue weighted by molar-refractivity contribution is 9.10. The molecule has 2 nitrogen and oxygen atoms in total. The molecule has 1 aromatic rings. The molecule has 1 fully saturated rings. The van der Waals surface area contributed by atoms with Crippen LogP contribution in [0, 0.1) is 11.8 Å². The number of aliphatic hydroxyl groups is 1. The largest absolute Gasteiger partial charge is 0.392 e. The molecule has 2 rings (SSSR count). The van der Waals surface area contributed by atoms with Crippen LogP contribution >= 0.6 is 15.9 Å². The minimum atomic E-state index is 0.0935. The lowest BCUT2D eigenvalue weighted by Gasteiger charge is -2.35. The van der Waals surface area contributed by atoms with E-state index in [4.69, 9.17) is 0 Å². The van der Waals surface area contributed by atoms with Crippen LogP contribution in [-0.4, -0.2) is 18.2 Å². The molecular formula is C15H22BrNO. The number of hydrogen-bond acceptors (Lipinski definition) is 2. The Morgan fingerprint density at radius 1 is 1.33 bits per heavy atom. The van der Waals surface area contributed by atoms with Crippen LogP contribution in [0.4, 0.5) is 5.69 Å². The van der Waals surface area contributed by atoms with Crippen molar-refractivity contribution in [3.63, 3.8) is 0 Å². The van der Waals surface area contributed by atoms with Crippen molar-refractivity contribution in [1.82, 2.24) is 0 Å². The minimum absolute atomic E-state index is 0.0935. The van der Waals surface area contributed by atoms with Crippen molar-refractivity contribution in [2.75, 3.05) is 18.0 Å². The maximum absolute atomic E-state index is 9.17. The molecule has 0 amide bonds. The zero-order chi connectivity index (χ0) is 13.1.